The first-order valence-electron chi connectivity index (χ1n) is 5.27. The van der Waals surface area contributed by atoms with E-state index in [1.54, 1.807) is 0 Å². The summed E-state index contributed by atoms with van der Waals surface area (Å²) < 4.78 is 1.96. The second-order valence-corrected chi connectivity index (χ2v) is 3.76. The van der Waals surface area contributed by atoms with Crippen LogP contribution in [-0.2, 0) is 18.4 Å². The van der Waals surface area contributed by atoms with E-state index in [2.05, 4.69) is 5.32 Å². The molecule has 0 aliphatic carbocycles. The van der Waals surface area contributed by atoms with Crippen LogP contribution in [0.25, 0.3) is 0 Å². The van der Waals surface area contributed by atoms with Gasteiger partial charge in [-0.25, -0.2) is 4.79 Å². The van der Waals surface area contributed by atoms with Crippen LogP contribution in [0.3, 0.4) is 0 Å². The molecule has 0 saturated heterocycles. The first kappa shape index (κ1) is 14.1. The summed E-state index contributed by atoms with van der Waals surface area (Å²) in [6, 6.07) is 1.18. The van der Waals surface area contributed by atoms with Crippen molar-refractivity contribution >= 4 is 5.91 Å². The number of amides is 1. The molecule has 0 spiro atoms. The number of carbonyl (C=O) groups excluding carboxylic acids is 1. The largest absolute Gasteiger partial charge is 0.394 e. The number of nitrogens with one attached hydrogen (secondary N) is 1. The molecular formula is C10H15N3O5. The minimum Gasteiger partial charge on any atom is -0.394 e. The van der Waals surface area contributed by atoms with Crippen molar-refractivity contribution in [3.63, 3.8) is 0 Å². The summed E-state index contributed by atoms with van der Waals surface area (Å²) in [6.07, 6.45) is 0.193. The van der Waals surface area contributed by atoms with Gasteiger partial charge in [-0.2, -0.15) is 0 Å². The molecule has 1 aromatic rings. The molecule has 0 aromatic carbocycles. The van der Waals surface area contributed by atoms with Gasteiger partial charge in [-0.3, -0.25) is 18.7 Å². The molecule has 18 heavy (non-hydrogen) atoms. The van der Waals surface area contributed by atoms with Gasteiger partial charge in [-0.05, 0) is 0 Å². The van der Waals surface area contributed by atoms with Crippen LogP contribution in [-0.4, -0.2) is 44.5 Å². The first-order chi connectivity index (χ1) is 8.45. The molecule has 8 nitrogen and oxygen atoms in total. The first-order valence-corrected chi connectivity index (χ1v) is 5.27. The monoisotopic (exact) mass is 257 g/mol. The Bertz CT molecular complexity index is 533. The Kier molecular flexibility index (Phi) is 4.81. The average molecular weight is 257 g/mol. The Morgan fingerprint density at radius 2 is 2.17 bits per heavy atom. The Morgan fingerprint density at radius 1 is 1.50 bits per heavy atom. The van der Waals surface area contributed by atoms with Crippen molar-refractivity contribution in [3.05, 3.63) is 33.1 Å². The molecule has 1 heterocycles. The number of carbonyl (C=O) groups is 1. The predicted octanol–water partition coefficient (Wildman–Crippen LogP) is -2.98. The number of nitrogens with zero attached hydrogens (tertiary/aromatic N) is 2. The summed E-state index contributed by atoms with van der Waals surface area (Å²) in [6.45, 7) is -0.818. The molecule has 1 unspecified atom stereocenters. The number of hydrogen-bond donors (Lipinski definition) is 3. The fourth-order valence-electron chi connectivity index (χ4n) is 1.24. The number of aliphatic hydroxyl groups excluding tert-OH is 2. The molecule has 1 rings (SSSR count). The third-order valence-corrected chi connectivity index (χ3v) is 2.32. The van der Waals surface area contributed by atoms with Crippen molar-refractivity contribution in [2.75, 3.05) is 13.2 Å². The predicted molar refractivity (Wildman–Crippen MR) is 62.0 cm³/mol. The lowest BCUT2D eigenvalue weighted by molar-refractivity contribution is -0.122. The zero-order chi connectivity index (χ0) is 13.7. The third kappa shape index (κ3) is 3.54. The molecule has 0 aliphatic rings. The van der Waals surface area contributed by atoms with E-state index >= 15 is 0 Å². The van der Waals surface area contributed by atoms with E-state index in [9.17, 15) is 14.4 Å². The number of rotatable bonds is 5. The van der Waals surface area contributed by atoms with E-state index in [1.807, 2.05) is 0 Å². The smallest absolute Gasteiger partial charge is 0.331 e. The minimum absolute atomic E-state index is 0.101. The van der Waals surface area contributed by atoms with Crippen molar-refractivity contribution in [2.45, 2.75) is 12.6 Å². The highest BCUT2D eigenvalue weighted by atomic mass is 16.3. The van der Waals surface area contributed by atoms with Crippen molar-refractivity contribution in [1.29, 1.82) is 0 Å². The molecule has 0 radical (unpaired) electrons. The highest BCUT2D eigenvalue weighted by Gasteiger charge is 2.08. The molecule has 100 valence electrons. The van der Waals surface area contributed by atoms with Crippen molar-refractivity contribution in [1.82, 2.24) is 14.5 Å². The van der Waals surface area contributed by atoms with Crippen molar-refractivity contribution in [2.24, 2.45) is 7.05 Å². The van der Waals surface area contributed by atoms with E-state index < -0.39 is 29.9 Å². The zero-order valence-electron chi connectivity index (χ0n) is 9.87. The summed E-state index contributed by atoms with van der Waals surface area (Å²) >= 11 is 0. The summed E-state index contributed by atoms with van der Waals surface area (Å²) in [5.41, 5.74) is -1.05. The number of aromatic nitrogens is 2. The molecule has 0 aliphatic heterocycles. The van der Waals surface area contributed by atoms with Gasteiger partial charge in [0.2, 0.25) is 5.91 Å². The Labute approximate surface area is 102 Å². The van der Waals surface area contributed by atoms with Crippen LogP contribution in [0.2, 0.25) is 0 Å². The Morgan fingerprint density at radius 3 is 2.78 bits per heavy atom. The summed E-state index contributed by atoms with van der Waals surface area (Å²) in [4.78, 5) is 34.1. The standard InChI is InChI=1S/C10H15N3O5/c1-12-9(17)2-3-13(10(12)18)5-8(16)11-4-7(15)6-14/h2-3,7,14-15H,4-6H2,1H3,(H,11,16). The van der Waals surface area contributed by atoms with Gasteiger partial charge < -0.3 is 15.5 Å². The second kappa shape index (κ2) is 6.12. The van der Waals surface area contributed by atoms with Gasteiger partial charge in [0.25, 0.3) is 5.56 Å². The van der Waals surface area contributed by atoms with Crippen molar-refractivity contribution < 1.29 is 15.0 Å². The molecule has 1 atom stereocenters. The SMILES string of the molecule is Cn1c(=O)ccn(CC(=O)NCC(O)CO)c1=O. The van der Waals surface area contributed by atoms with Crippen molar-refractivity contribution in [3.8, 4) is 0 Å². The zero-order valence-corrected chi connectivity index (χ0v) is 9.87. The quantitative estimate of drug-likeness (QED) is 0.521. The highest BCUT2D eigenvalue weighted by molar-refractivity contribution is 5.75. The van der Waals surface area contributed by atoms with Crippen LogP contribution >= 0.6 is 0 Å². The van der Waals surface area contributed by atoms with Gasteiger partial charge in [-0.1, -0.05) is 0 Å². The van der Waals surface area contributed by atoms with Gasteiger partial charge in [0.05, 0.1) is 12.7 Å². The highest BCUT2D eigenvalue weighted by Crippen LogP contribution is 1.81. The lowest BCUT2D eigenvalue weighted by Crippen LogP contribution is -2.41. The van der Waals surface area contributed by atoms with Crippen LogP contribution in [0.15, 0.2) is 21.9 Å². The van der Waals surface area contributed by atoms with Gasteiger partial charge in [-0.15, -0.1) is 0 Å². The molecule has 0 bridgehead atoms. The lowest BCUT2D eigenvalue weighted by atomic mass is 10.4. The maximum Gasteiger partial charge on any atom is 0.331 e. The maximum absolute atomic E-state index is 11.6. The molecule has 8 heteroatoms. The van der Waals surface area contributed by atoms with Gasteiger partial charge >= 0.3 is 5.69 Å². The van der Waals surface area contributed by atoms with E-state index in [1.165, 1.54) is 19.3 Å². The maximum atomic E-state index is 11.6. The van der Waals surface area contributed by atoms with Gasteiger partial charge in [0.15, 0.2) is 0 Å². The molecule has 1 aromatic heterocycles. The van der Waals surface area contributed by atoms with Crippen LogP contribution in [0.5, 0.6) is 0 Å². The normalized spacial score (nSPS) is 12.2. The minimum atomic E-state index is -1.04. The average Bonchev–Trinajstić information content (AvgIpc) is 2.36. The molecule has 0 fully saturated rings. The second-order valence-electron chi connectivity index (χ2n) is 3.76. The summed E-state index contributed by atoms with van der Waals surface area (Å²) in [7, 11) is 1.31. The van der Waals surface area contributed by atoms with Gasteiger partial charge in [0, 0.05) is 25.9 Å². The van der Waals surface area contributed by atoms with Crippen LogP contribution in [0, 0.1) is 0 Å². The Balaban J connectivity index is 2.69. The number of aliphatic hydroxyl groups is 2. The molecule has 0 saturated carbocycles. The van der Waals surface area contributed by atoms with Gasteiger partial charge in [0.1, 0.15) is 6.54 Å². The molecular weight excluding hydrogens is 242 g/mol. The topological polar surface area (TPSA) is 114 Å². The summed E-state index contributed by atoms with van der Waals surface area (Å²) in [5.74, 6) is -0.497. The van der Waals surface area contributed by atoms with E-state index in [-0.39, 0.29) is 13.1 Å². The van der Waals surface area contributed by atoms with Crippen LogP contribution in [0.4, 0.5) is 0 Å². The van der Waals surface area contributed by atoms with E-state index in [0.717, 1.165) is 9.13 Å². The number of hydrogen-bond acceptors (Lipinski definition) is 5. The van der Waals surface area contributed by atoms with E-state index in [0.29, 0.717) is 0 Å². The molecule has 1 amide bonds. The fraction of sp³-hybridized carbons (Fsp3) is 0.500. The Hall–Kier alpha value is -1.93. The summed E-state index contributed by atoms with van der Waals surface area (Å²) in [5, 5.41) is 19.9. The molecule has 3 N–H and O–H groups in total. The lowest BCUT2D eigenvalue weighted by Gasteiger charge is -2.10. The fourth-order valence-corrected chi connectivity index (χ4v) is 1.24. The third-order valence-electron chi connectivity index (χ3n) is 2.32. The van der Waals surface area contributed by atoms with Crippen LogP contribution < -0.4 is 16.6 Å². The van der Waals surface area contributed by atoms with Crippen LogP contribution in [0.1, 0.15) is 0 Å². The van der Waals surface area contributed by atoms with E-state index in [4.69, 9.17) is 10.2 Å².